The lowest BCUT2D eigenvalue weighted by atomic mass is 9.92. The summed E-state index contributed by atoms with van der Waals surface area (Å²) < 4.78 is 36.0. The van der Waals surface area contributed by atoms with Gasteiger partial charge in [0, 0.05) is 19.4 Å². The molecule has 2 saturated heterocycles. The molecule has 2 aliphatic rings. The van der Waals surface area contributed by atoms with E-state index >= 15 is 0 Å². The number of carbonyl (C=O) groups is 1. The van der Waals surface area contributed by atoms with Gasteiger partial charge in [-0.1, -0.05) is 36.8 Å². The predicted octanol–water partition coefficient (Wildman–Crippen LogP) is 3.93. The number of para-hydroxylation sites is 1. The lowest BCUT2D eigenvalue weighted by Crippen LogP contribution is -2.57. The van der Waals surface area contributed by atoms with Gasteiger partial charge in [0.2, 0.25) is 0 Å². The first-order chi connectivity index (χ1) is 15.5. The lowest BCUT2D eigenvalue weighted by Gasteiger charge is -2.35. The Morgan fingerprint density at radius 2 is 1.75 bits per heavy atom. The van der Waals surface area contributed by atoms with E-state index < -0.39 is 26.8 Å². The van der Waals surface area contributed by atoms with Crippen molar-refractivity contribution in [2.45, 2.75) is 56.0 Å². The van der Waals surface area contributed by atoms with Gasteiger partial charge >= 0.3 is 0 Å². The molecule has 2 fully saturated rings. The second-order valence-electron chi connectivity index (χ2n) is 8.35. The van der Waals surface area contributed by atoms with E-state index in [1.165, 1.54) is 0 Å². The molecule has 2 unspecified atom stereocenters. The molecule has 2 aliphatic heterocycles. The number of rotatable bonds is 7. The molecule has 0 aliphatic carbocycles. The zero-order chi connectivity index (χ0) is 22.4. The number of ether oxygens (including phenoxy) is 2. The topological polar surface area (TPSA) is 90.9 Å². The fourth-order valence-electron chi connectivity index (χ4n) is 4.23. The van der Waals surface area contributed by atoms with E-state index in [4.69, 9.17) is 14.3 Å². The van der Waals surface area contributed by atoms with Gasteiger partial charge in [-0.3, -0.25) is 4.79 Å². The highest BCUT2D eigenvalue weighted by Crippen LogP contribution is 2.35. The summed E-state index contributed by atoms with van der Waals surface area (Å²) in [6.45, 7) is 0.571. The molecular formula is C24H29NO6S. The van der Waals surface area contributed by atoms with Gasteiger partial charge in [0.15, 0.2) is 20.9 Å². The van der Waals surface area contributed by atoms with Crippen molar-refractivity contribution < 1.29 is 27.5 Å². The predicted molar refractivity (Wildman–Crippen MR) is 120 cm³/mol. The summed E-state index contributed by atoms with van der Waals surface area (Å²) in [4.78, 5) is 18.6. The Kier molecular flexibility index (Phi) is 7.13. The van der Waals surface area contributed by atoms with Crippen LogP contribution in [0, 0.1) is 0 Å². The first-order valence-electron chi connectivity index (χ1n) is 11.1. The maximum atomic E-state index is 13.2. The highest BCUT2D eigenvalue weighted by molar-refractivity contribution is 7.93. The zero-order valence-corrected chi connectivity index (χ0v) is 18.8. The zero-order valence-electron chi connectivity index (χ0n) is 18.0. The third-order valence-corrected chi connectivity index (χ3v) is 8.62. The van der Waals surface area contributed by atoms with Gasteiger partial charge in [0.05, 0.1) is 5.75 Å². The van der Waals surface area contributed by atoms with Gasteiger partial charge in [-0.05, 0) is 55.5 Å². The number of carbonyl (C=O) groups excluding carboxylic acids is 1. The number of hydroxylamine groups is 1. The quantitative estimate of drug-likeness (QED) is 0.631. The average molecular weight is 460 g/mol. The van der Waals surface area contributed by atoms with Crippen molar-refractivity contribution in [3.05, 3.63) is 60.2 Å². The second kappa shape index (κ2) is 10.0. The van der Waals surface area contributed by atoms with Crippen molar-refractivity contribution in [3.63, 3.8) is 0 Å². The number of hydrogen-bond acceptors (Lipinski definition) is 6. The number of hydrogen-bond donors (Lipinski definition) is 1. The Hall–Kier alpha value is -2.42. The van der Waals surface area contributed by atoms with E-state index in [0.29, 0.717) is 37.4 Å². The first kappa shape index (κ1) is 22.8. The summed E-state index contributed by atoms with van der Waals surface area (Å²) in [5, 5.41) is 0. The van der Waals surface area contributed by atoms with Crippen molar-refractivity contribution in [3.8, 4) is 11.5 Å². The summed E-state index contributed by atoms with van der Waals surface area (Å²) in [6.07, 6.45) is 3.61. The molecule has 1 amide bonds. The SMILES string of the molecule is O=C(NOC1CCCCO1)C1(Cc2ccc(Oc3ccccc3)cc2)CCCCS1(=O)=O. The van der Waals surface area contributed by atoms with Crippen LogP contribution in [0.1, 0.15) is 44.1 Å². The molecule has 0 saturated carbocycles. The van der Waals surface area contributed by atoms with Gasteiger partial charge in [-0.15, -0.1) is 0 Å². The minimum atomic E-state index is -3.66. The molecule has 0 spiro atoms. The summed E-state index contributed by atoms with van der Waals surface area (Å²) in [7, 11) is -3.66. The molecule has 4 rings (SSSR count). The Labute approximate surface area is 188 Å². The molecule has 1 N–H and O–H groups in total. The smallest absolute Gasteiger partial charge is 0.265 e. The van der Waals surface area contributed by atoms with E-state index in [1.54, 1.807) is 12.1 Å². The maximum absolute atomic E-state index is 13.2. The van der Waals surface area contributed by atoms with Crippen LogP contribution in [0.2, 0.25) is 0 Å². The molecule has 32 heavy (non-hydrogen) atoms. The van der Waals surface area contributed by atoms with Crippen molar-refractivity contribution >= 4 is 15.7 Å². The number of benzene rings is 2. The van der Waals surface area contributed by atoms with Gasteiger partial charge in [0.25, 0.3) is 5.91 Å². The molecule has 0 bridgehead atoms. The minimum absolute atomic E-state index is 0.00441. The Morgan fingerprint density at radius 1 is 1.00 bits per heavy atom. The standard InChI is InChI=1S/C24H29NO6S/c26-23(25-31-22-10-4-6-16-29-22)24(15-5-7-17-32(24,27)28)18-19-11-13-21(14-12-19)30-20-8-2-1-3-9-20/h1-3,8-9,11-14,22H,4-7,10,15-18H2,(H,25,26). The third-order valence-electron chi connectivity index (χ3n) is 6.07. The molecule has 7 nitrogen and oxygen atoms in total. The van der Waals surface area contributed by atoms with E-state index in [1.807, 2.05) is 42.5 Å². The van der Waals surface area contributed by atoms with Crippen molar-refractivity contribution in [2.75, 3.05) is 12.4 Å². The summed E-state index contributed by atoms with van der Waals surface area (Å²) in [5.74, 6) is 0.738. The van der Waals surface area contributed by atoms with Crippen LogP contribution in [0.25, 0.3) is 0 Å². The molecule has 0 radical (unpaired) electrons. The number of sulfone groups is 1. The van der Waals surface area contributed by atoms with Gasteiger partial charge in [-0.2, -0.15) is 0 Å². The minimum Gasteiger partial charge on any atom is -0.457 e. The Balaban J connectivity index is 1.49. The van der Waals surface area contributed by atoms with E-state index in [2.05, 4.69) is 5.48 Å². The van der Waals surface area contributed by atoms with Crippen molar-refractivity contribution in [2.24, 2.45) is 0 Å². The molecular weight excluding hydrogens is 430 g/mol. The van der Waals surface area contributed by atoms with Crippen LogP contribution in [-0.2, 0) is 30.6 Å². The van der Waals surface area contributed by atoms with Gasteiger partial charge in [0.1, 0.15) is 11.5 Å². The third kappa shape index (κ3) is 5.14. The highest BCUT2D eigenvalue weighted by Gasteiger charge is 2.52. The molecule has 2 heterocycles. The van der Waals surface area contributed by atoms with E-state index in [9.17, 15) is 13.2 Å². The average Bonchev–Trinajstić information content (AvgIpc) is 2.81. The molecule has 172 valence electrons. The number of nitrogens with one attached hydrogen (secondary N) is 1. The van der Waals surface area contributed by atoms with Crippen molar-refractivity contribution in [1.29, 1.82) is 0 Å². The van der Waals surface area contributed by atoms with Crippen LogP contribution < -0.4 is 10.2 Å². The first-order valence-corrected chi connectivity index (χ1v) is 12.8. The second-order valence-corrected chi connectivity index (χ2v) is 10.8. The summed E-state index contributed by atoms with van der Waals surface area (Å²) >= 11 is 0. The van der Waals surface area contributed by atoms with Crippen LogP contribution in [0.4, 0.5) is 0 Å². The Bertz CT molecular complexity index is 1000. The molecule has 2 aromatic rings. The highest BCUT2D eigenvalue weighted by atomic mass is 32.2. The van der Waals surface area contributed by atoms with Gasteiger partial charge < -0.3 is 9.47 Å². The number of amides is 1. The van der Waals surface area contributed by atoms with Crippen LogP contribution in [0.3, 0.4) is 0 Å². The van der Waals surface area contributed by atoms with Crippen molar-refractivity contribution in [1.82, 2.24) is 5.48 Å². The normalized spacial score (nSPS) is 25.1. The van der Waals surface area contributed by atoms with E-state index in [-0.39, 0.29) is 18.6 Å². The Morgan fingerprint density at radius 3 is 2.44 bits per heavy atom. The lowest BCUT2D eigenvalue weighted by molar-refractivity contribution is -0.201. The van der Waals surface area contributed by atoms with Gasteiger partial charge in [-0.25, -0.2) is 18.7 Å². The van der Waals surface area contributed by atoms with Crippen LogP contribution in [-0.4, -0.2) is 37.7 Å². The van der Waals surface area contributed by atoms with Crippen LogP contribution in [0.15, 0.2) is 54.6 Å². The molecule has 0 aromatic heterocycles. The summed E-state index contributed by atoms with van der Waals surface area (Å²) in [5.41, 5.74) is 3.17. The van der Waals surface area contributed by atoms with Crippen LogP contribution >= 0.6 is 0 Å². The molecule has 8 heteroatoms. The molecule has 2 atom stereocenters. The van der Waals surface area contributed by atoms with E-state index in [0.717, 1.165) is 18.4 Å². The fourth-order valence-corrected chi connectivity index (χ4v) is 6.37. The largest absolute Gasteiger partial charge is 0.457 e. The van der Waals surface area contributed by atoms with Crippen LogP contribution in [0.5, 0.6) is 11.5 Å². The monoisotopic (exact) mass is 459 g/mol. The molecule has 2 aromatic carbocycles. The fraction of sp³-hybridized carbons (Fsp3) is 0.458. The summed E-state index contributed by atoms with van der Waals surface area (Å²) in [6, 6.07) is 16.6. The maximum Gasteiger partial charge on any atom is 0.265 e.